The molecule has 3 rings (SSSR count). The molecule has 0 saturated carbocycles. The molecule has 28 heavy (non-hydrogen) atoms. The lowest BCUT2D eigenvalue weighted by Gasteiger charge is -2.35. The van der Waals surface area contributed by atoms with Crippen LogP contribution < -0.4 is 4.90 Å². The third kappa shape index (κ3) is 4.00. The third-order valence-electron chi connectivity index (χ3n) is 4.50. The molecule has 1 saturated heterocycles. The Balaban J connectivity index is 1.70. The van der Waals surface area contributed by atoms with Gasteiger partial charge in [0, 0.05) is 31.9 Å². The van der Waals surface area contributed by atoms with Crippen LogP contribution in [0.3, 0.4) is 0 Å². The van der Waals surface area contributed by atoms with Gasteiger partial charge in [-0.15, -0.1) is 0 Å². The molecule has 0 spiro atoms. The maximum Gasteiger partial charge on any atom is 0.338 e. The number of carbonyl (C=O) groups excluding carboxylic acids is 1. The van der Waals surface area contributed by atoms with E-state index in [2.05, 4.69) is 0 Å². The van der Waals surface area contributed by atoms with Gasteiger partial charge in [-0.3, -0.25) is 0 Å². The van der Waals surface area contributed by atoms with Crippen LogP contribution in [0.1, 0.15) is 17.3 Å². The second kappa shape index (κ2) is 8.24. The number of carbonyl (C=O) groups is 1. The van der Waals surface area contributed by atoms with Crippen LogP contribution in [0.15, 0.2) is 47.4 Å². The predicted molar refractivity (Wildman–Crippen MR) is 99.7 cm³/mol. The van der Waals surface area contributed by atoms with Crippen LogP contribution in [0, 0.1) is 11.6 Å². The molecule has 0 radical (unpaired) electrons. The minimum atomic E-state index is -4.26. The van der Waals surface area contributed by atoms with Crippen LogP contribution >= 0.6 is 0 Å². The zero-order valence-electron chi connectivity index (χ0n) is 15.3. The quantitative estimate of drug-likeness (QED) is 0.709. The van der Waals surface area contributed by atoms with Gasteiger partial charge in [0.15, 0.2) is 4.90 Å². The van der Waals surface area contributed by atoms with Crippen LogP contribution in [-0.2, 0) is 14.8 Å². The van der Waals surface area contributed by atoms with Crippen molar-refractivity contribution in [3.63, 3.8) is 0 Å². The summed E-state index contributed by atoms with van der Waals surface area (Å²) in [7, 11) is -4.26. The zero-order chi connectivity index (χ0) is 20.3. The van der Waals surface area contributed by atoms with Gasteiger partial charge in [0.1, 0.15) is 11.6 Å². The van der Waals surface area contributed by atoms with Gasteiger partial charge >= 0.3 is 5.97 Å². The van der Waals surface area contributed by atoms with Crippen molar-refractivity contribution in [3.05, 3.63) is 59.7 Å². The minimum absolute atomic E-state index is 0.0930. The second-order valence-electron chi connectivity index (χ2n) is 6.21. The first-order chi connectivity index (χ1) is 13.3. The van der Waals surface area contributed by atoms with Gasteiger partial charge in [0.2, 0.25) is 10.0 Å². The lowest BCUT2D eigenvalue weighted by molar-refractivity contribution is 0.0526. The summed E-state index contributed by atoms with van der Waals surface area (Å²) in [6.45, 7) is 2.92. The Hall–Kier alpha value is -2.52. The van der Waals surface area contributed by atoms with Gasteiger partial charge in [0.25, 0.3) is 0 Å². The van der Waals surface area contributed by atoms with E-state index in [0.29, 0.717) is 25.3 Å². The van der Waals surface area contributed by atoms with Crippen LogP contribution in [0.5, 0.6) is 0 Å². The number of ether oxygens (including phenoxy) is 1. The third-order valence-corrected chi connectivity index (χ3v) is 6.45. The Morgan fingerprint density at radius 2 is 1.57 bits per heavy atom. The number of sulfonamides is 1. The highest BCUT2D eigenvalue weighted by Crippen LogP contribution is 2.25. The lowest BCUT2D eigenvalue weighted by Crippen LogP contribution is -2.49. The summed E-state index contributed by atoms with van der Waals surface area (Å²) in [5.41, 5.74) is 1.25. The number of nitrogens with zero attached hydrogens (tertiary/aromatic N) is 2. The Labute approximate surface area is 162 Å². The van der Waals surface area contributed by atoms with Gasteiger partial charge in [0.05, 0.1) is 12.2 Å². The number of piperazine rings is 1. The molecule has 150 valence electrons. The lowest BCUT2D eigenvalue weighted by atomic mass is 10.2. The van der Waals surface area contributed by atoms with Crippen molar-refractivity contribution < 1.29 is 26.7 Å². The van der Waals surface area contributed by atoms with Gasteiger partial charge in [-0.05, 0) is 43.3 Å². The Kier molecular flexibility index (Phi) is 5.95. The first kappa shape index (κ1) is 20.2. The normalized spacial score (nSPS) is 15.5. The van der Waals surface area contributed by atoms with E-state index < -0.39 is 32.5 Å². The summed E-state index contributed by atoms with van der Waals surface area (Å²) >= 11 is 0. The first-order valence-electron chi connectivity index (χ1n) is 8.81. The second-order valence-corrected chi connectivity index (χ2v) is 8.08. The molecule has 1 fully saturated rings. The molecular formula is C19H20F2N2O4S. The fourth-order valence-corrected chi connectivity index (χ4v) is 4.60. The molecule has 9 heteroatoms. The predicted octanol–water partition coefficient (Wildman–Crippen LogP) is 2.65. The van der Waals surface area contributed by atoms with Crippen LogP contribution in [0.2, 0.25) is 0 Å². The molecule has 0 bridgehead atoms. The number of esters is 1. The summed E-state index contributed by atoms with van der Waals surface area (Å²) in [6, 6.07) is 9.78. The highest BCUT2D eigenvalue weighted by Gasteiger charge is 2.33. The number of benzene rings is 2. The number of hydrogen-bond donors (Lipinski definition) is 0. The molecule has 6 nitrogen and oxygen atoms in total. The molecule has 1 heterocycles. The van der Waals surface area contributed by atoms with Crippen molar-refractivity contribution in [2.45, 2.75) is 11.8 Å². The van der Waals surface area contributed by atoms with E-state index in [0.717, 1.165) is 28.2 Å². The van der Waals surface area contributed by atoms with Crippen molar-refractivity contribution in [1.29, 1.82) is 0 Å². The van der Waals surface area contributed by atoms with Crippen molar-refractivity contribution in [1.82, 2.24) is 4.31 Å². The van der Waals surface area contributed by atoms with Crippen molar-refractivity contribution >= 4 is 21.7 Å². The fourth-order valence-electron chi connectivity index (χ4n) is 3.07. The Morgan fingerprint density at radius 3 is 2.11 bits per heavy atom. The molecule has 1 aliphatic heterocycles. The molecule has 0 atom stereocenters. The number of anilines is 1. The summed E-state index contributed by atoms with van der Waals surface area (Å²) in [5, 5.41) is 0. The highest BCUT2D eigenvalue weighted by atomic mass is 32.2. The van der Waals surface area contributed by atoms with E-state index in [4.69, 9.17) is 4.74 Å². The maximum absolute atomic E-state index is 13.9. The standard InChI is InChI=1S/C19H20F2N2O4S/c1-2-27-19(24)14-6-8-15(9-7-14)22-10-12-23(13-11-22)28(25,26)18-16(20)4-3-5-17(18)21/h3-9H,2,10-13H2,1H3. The molecule has 0 amide bonds. The summed E-state index contributed by atoms with van der Waals surface area (Å²) < 4.78 is 59.1. The average Bonchev–Trinajstić information content (AvgIpc) is 2.68. The largest absolute Gasteiger partial charge is 0.462 e. The molecule has 2 aromatic carbocycles. The van der Waals surface area contributed by atoms with Crippen molar-refractivity contribution in [2.24, 2.45) is 0 Å². The smallest absolute Gasteiger partial charge is 0.338 e. The van der Waals surface area contributed by atoms with E-state index in [1.807, 2.05) is 4.90 Å². The topological polar surface area (TPSA) is 66.9 Å². The van der Waals surface area contributed by atoms with Crippen LogP contribution in [0.4, 0.5) is 14.5 Å². The van der Waals surface area contributed by atoms with Gasteiger partial charge in [-0.2, -0.15) is 4.31 Å². The maximum atomic E-state index is 13.9. The monoisotopic (exact) mass is 410 g/mol. The number of rotatable bonds is 5. The minimum Gasteiger partial charge on any atom is -0.462 e. The van der Waals surface area contributed by atoms with Gasteiger partial charge < -0.3 is 9.64 Å². The van der Waals surface area contributed by atoms with E-state index in [1.165, 1.54) is 0 Å². The van der Waals surface area contributed by atoms with Gasteiger partial charge in [-0.25, -0.2) is 22.0 Å². The fraction of sp³-hybridized carbons (Fsp3) is 0.316. The molecule has 0 unspecified atom stereocenters. The summed E-state index contributed by atoms with van der Waals surface area (Å²) in [6.07, 6.45) is 0. The molecular weight excluding hydrogens is 390 g/mol. The number of halogens is 2. The zero-order valence-corrected chi connectivity index (χ0v) is 16.1. The van der Waals surface area contributed by atoms with E-state index in [9.17, 15) is 22.0 Å². The summed E-state index contributed by atoms with van der Waals surface area (Å²) in [5.74, 6) is -2.61. The molecule has 2 aromatic rings. The molecule has 1 aliphatic rings. The SMILES string of the molecule is CCOC(=O)c1ccc(N2CCN(S(=O)(=O)c3c(F)cccc3F)CC2)cc1. The van der Waals surface area contributed by atoms with Gasteiger partial charge in [-0.1, -0.05) is 6.07 Å². The van der Waals surface area contributed by atoms with Crippen LogP contribution in [-0.4, -0.2) is 51.5 Å². The molecule has 0 aromatic heterocycles. The van der Waals surface area contributed by atoms with Crippen molar-refractivity contribution in [3.8, 4) is 0 Å². The Morgan fingerprint density at radius 1 is 1.00 bits per heavy atom. The summed E-state index contributed by atoms with van der Waals surface area (Å²) in [4.78, 5) is 12.7. The highest BCUT2D eigenvalue weighted by molar-refractivity contribution is 7.89. The van der Waals surface area contributed by atoms with E-state index in [-0.39, 0.29) is 13.1 Å². The van der Waals surface area contributed by atoms with E-state index >= 15 is 0 Å². The van der Waals surface area contributed by atoms with Crippen LogP contribution in [0.25, 0.3) is 0 Å². The molecule has 0 N–H and O–H groups in total. The van der Waals surface area contributed by atoms with Crippen molar-refractivity contribution in [2.75, 3.05) is 37.7 Å². The molecule has 0 aliphatic carbocycles. The number of hydrogen-bond acceptors (Lipinski definition) is 5. The Bertz CT molecular complexity index is 936. The average molecular weight is 410 g/mol. The first-order valence-corrected chi connectivity index (χ1v) is 10.2. The van der Waals surface area contributed by atoms with E-state index in [1.54, 1.807) is 31.2 Å².